The third kappa shape index (κ3) is 3.53. The van der Waals surface area contributed by atoms with Crippen molar-refractivity contribution in [3.8, 4) is 0 Å². The molecule has 1 aromatic heterocycles. The molecule has 1 aromatic rings. The van der Waals surface area contributed by atoms with Crippen LogP contribution in [-0.4, -0.2) is 16.5 Å². The lowest BCUT2D eigenvalue weighted by Gasteiger charge is -2.05. The zero-order valence-corrected chi connectivity index (χ0v) is 8.77. The first kappa shape index (κ1) is 11.4. The van der Waals surface area contributed by atoms with Crippen molar-refractivity contribution in [3.63, 3.8) is 0 Å². The predicted molar refractivity (Wildman–Crippen MR) is 58.9 cm³/mol. The summed E-state index contributed by atoms with van der Waals surface area (Å²) in [6.45, 7) is 2.88. The fraction of sp³-hybridized carbons (Fsp3) is 0.500. The molecule has 5 heteroatoms. The molecule has 0 spiro atoms. The highest BCUT2D eigenvalue weighted by Crippen LogP contribution is 2.21. The zero-order valence-electron chi connectivity index (χ0n) is 8.77. The van der Waals surface area contributed by atoms with E-state index in [1.165, 1.54) is 6.20 Å². The Balaban J connectivity index is 2.56. The molecule has 0 aromatic carbocycles. The summed E-state index contributed by atoms with van der Waals surface area (Å²) in [5, 5.41) is 13.7. The van der Waals surface area contributed by atoms with E-state index in [9.17, 15) is 10.1 Å². The molecule has 1 N–H and O–H groups in total. The molecule has 5 nitrogen and oxygen atoms in total. The van der Waals surface area contributed by atoms with Gasteiger partial charge in [0, 0.05) is 12.7 Å². The number of anilines is 1. The summed E-state index contributed by atoms with van der Waals surface area (Å²) in [7, 11) is 0. The van der Waals surface area contributed by atoms with E-state index in [4.69, 9.17) is 0 Å². The third-order valence-electron chi connectivity index (χ3n) is 2.09. The van der Waals surface area contributed by atoms with Gasteiger partial charge in [-0.3, -0.25) is 15.1 Å². The molecule has 0 unspecified atom stereocenters. The van der Waals surface area contributed by atoms with Crippen LogP contribution in [0.1, 0.15) is 26.2 Å². The summed E-state index contributed by atoms with van der Waals surface area (Å²) in [6.07, 6.45) is 6.11. The van der Waals surface area contributed by atoms with Crippen LogP contribution in [0.15, 0.2) is 18.5 Å². The van der Waals surface area contributed by atoms with Crippen molar-refractivity contribution in [3.05, 3.63) is 28.6 Å². The van der Waals surface area contributed by atoms with E-state index in [-0.39, 0.29) is 5.69 Å². The minimum atomic E-state index is -0.421. The Morgan fingerprint density at radius 3 is 3.00 bits per heavy atom. The Morgan fingerprint density at radius 1 is 1.53 bits per heavy atom. The Labute approximate surface area is 88.7 Å². The van der Waals surface area contributed by atoms with Crippen LogP contribution in [0.4, 0.5) is 11.4 Å². The number of rotatable bonds is 6. The molecule has 0 saturated heterocycles. The monoisotopic (exact) mass is 209 g/mol. The Morgan fingerprint density at radius 2 is 2.33 bits per heavy atom. The van der Waals surface area contributed by atoms with Gasteiger partial charge in [0.25, 0.3) is 0 Å². The molecule has 82 valence electrons. The number of aromatic nitrogens is 1. The van der Waals surface area contributed by atoms with E-state index in [0.29, 0.717) is 5.69 Å². The molecule has 1 rings (SSSR count). The zero-order chi connectivity index (χ0) is 11.1. The summed E-state index contributed by atoms with van der Waals surface area (Å²) >= 11 is 0. The number of hydrogen-bond donors (Lipinski definition) is 1. The minimum absolute atomic E-state index is 0.0361. The molecule has 0 atom stereocenters. The average Bonchev–Trinajstić information content (AvgIpc) is 2.25. The first-order valence-electron chi connectivity index (χ1n) is 5.08. The highest BCUT2D eigenvalue weighted by atomic mass is 16.6. The van der Waals surface area contributed by atoms with Gasteiger partial charge < -0.3 is 5.32 Å². The molecule has 0 aliphatic rings. The Kier molecular flexibility index (Phi) is 4.53. The topological polar surface area (TPSA) is 68.1 Å². The SMILES string of the molecule is CCCCCNc1ccncc1[N+](=O)[O-]. The molecule has 0 amide bonds. The van der Waals surface area contributed by atoms with Gasteiger partial charge in [0.1, 0.15) is 11.9 Å². The lowest BCUT2D eigenvalue weighted by atomic mass is 10.2. The highest BCUT2D eigenvalue weighted by molar-refractivity contribution is 5.59. The van der Waals surface area contributed by atoms with E-state index < -0.39 is 4.92 Å². The summed E-state index contributed by atoms with van der Waals surface area (Å²) in [6, 6.07) is 1.63. The number of unbranched alkanes of at least 4 members (excludes halogenated alkanes) is 2. The van der Waals surface area contributed by atoms with Crippen LogP contribution in [0.25, 0.3) is 0 Å². The Bertz CT molecular complexity index is 328. The van der Waals surface area contributed by atoms with Crippen LogP contribution in [0.5, 0.6) is 0 Å². The standard InChI is InChI=1S/C10H15N3O2/c1-2-3-4-6-12-9-5-7-11-8-10(9)13(14)15/h5,7-8H,2-4,6H2,1H3,(H,11,12). The lowest BCUT2D eigenvalue weighted by Crippen LogP contribution is -2.04. The van der Waals surface area contributed by atoms with Gasteiger partial charge in [-0.15, -0.1) is 0 Å². The van der Waals surface area contributed by atoms with E-state index in [0.717, 1.165) is 25.8 Å². The van der Waals surface area contributed by atoms with Gasteiger partial charge in [0.05, 0.1) is 4.92 Å². The van der Waals surface area contributed by atoms with Gasteiger partial charge in [-0.1, -0.05) is 19.8 Å². The second kappa shape index (κ2) is 5.95. The van der Waals surface area contributed by atoms with Gasteiger partial charge >= 0.3 is 5.69 Å². The Hall–Kier alpha value is -1.65. The van der Waals surface area contributed by atoms with Crippen LogP contribution in [0.3, 0.4) is 0 Å². The fourth-order valence-corrected chi connectivity index (χ4v) is 1.28. The normalized spacial score (nSPS) is 9.93. The van der Waals surface area contributed by atoms with Crippen molar-refractivity contribution in [2.24, 2.45) is 0 Å². The number of nitro groups is 1. The summed E-state index contributed by atoms with van der Waals surface area (Å²) in [4.78, 5) is 13.9. The number of nitrogens with zero attached hydrogens (tertiary/aromatic N) is 2. The fourth-order valence-electron chi connectivity index (χ4n) is 1.28. The van der Waals surface area contributed by atoms with Gasteiger partial charge in [0.15, 0.2) is 0 Å². The quantitative estimate of drug-likeness (QED) is 0.444. The molecular weight excluding hydrogens is 194 g/mol. The summed E-state index contributed by atoms with van der Waals surface area (Å²) < 4.78 is 0. The molecule has 0 aliphatic carbocycles. The highest BCUT2D eigenvalue weighted by Gasteiger charge is 2.11. The van der Waals surface area contributed by atoms with Gasteiger partial charge in [-0.2, -0.15) is 0 Å². The second-order valence-electron chi connectivity index (χ2n) is 3.28. The van der Waals surface area contributed by atoms with Crippen LogP contribution in [-0.2, 0) is 0 Å². The van der Waals surface area contributed by atoms with Gasteiger partial charge in [-0.05, 0) is 12.5 Å². The molecular formula is C10H15N3O2. The number of pyridine rings is 1. The van der Waals surface area contributed by atoms with Crippen molar-refractivity contribution in [1.82, 2.24) is 4.98 Å². The number of hydrogen-bond acceptors (Lipinski definition) is 4. The van der Waals surface area contributed by atoms with E-state index in [2.05, 4.69) is 17.2 Å². The van der Waals surface area contributed by atoms with E-state index in [1.807, 2.05) is 0 Å². The second-order valence-corrected chi connectivity index (χ2v) is 3.28. The van der Waals surface area contributed by atoms with Gasteiger partial charge in [0.2, 0.25) is 0 Å². The first-order chi connectivity index (χ1) is 7.25. The maximum atomic E-state index is 10.6. The van der Waals surface area contributed by atoms with Crippen LogP contribution < -0.4 is 5.32 Å². The molecule has 15 heavy (non-hydrogen) atoms. The molecule has 0 aliphatic heterocycles. The summed E-state index contributed by atoms with van der Waals surface area (Å²) in [5.74, 6) is 0. The maximum Gasteiger partial charge on any atom is 0.310 e. The van der Waals surface area contributed by atoms with E-state index >= 15 is 0 Å². The first-order valence-corrected chi connectivity index (χ1v) is 5.08. The van der Waals surface area contributed by atoms with Crippen molar-refractivity contribution in [2.45, 2.75) is 26.2 Å². The van der Waals surface area contributed by atoms with Crippen molar-refractivity contribution in [2.75, 3.05) is 11.9 Å². The maximum absolute atomic E-state index is 10.6. The van der Waals surface area contributed by atoms with Crippen LogP contribution in [0.2, 0.25) is 0 Å². The predicted octanol–water partition coefficient (Wildman–Crippen LogP) is 2.59. The largest absolute Gasteiger partial charge is 0.379 e. The van der Waals surface area contributed by atoms with Crippen molar-refractivity contribution in [1.29, 1.82) is 0 Å². The van der Waals surface area contributed by atoms with Crippen LogP contribution >= 0.6 is 0 Å². The minimum Gasteiger partial charge on any atom is -0.379 e. The molecule has 1 heterocycles. The van der Waals surface area contributed by atoms with Gasteiger partial charge in [-0.25, -0.2) is 0 Å². The molecule has 0 bridgehead atoms. The summed E-state index contributed by atoms with van der Waals surface area (Å²) in [5.41, 5.74) is 0.583. The van der Waals surface area contributed by atoms with Crippen molar-refractivity contribution < 1.29 is 4.92 Å². The average molecular weight is 209 g/mol. The van der Waals surface area contributed by atoms with Crippen molar-refractivity contribution >= 4 is 11.4 Å². The third-order valence-corrected chi connectivity index (χ3v) is 2.09. The van der Waals surface area contributed by atoms with Crippen LogP contribution in [0, 0.1) is 10.1 Å². The van der Waals surface area contributed by atoms with E-state index in [1.54, 1.807) is 12.3 Å². The lowest BCUT2D eigenvalue weighted by molar-refractivity contribution is -0.384. The molecule has 0 radical (unpaired) electrons. The molecule has 0 saturated carbocycles. The number of nitrogens with one attached hydrogen (secondary N) is 1. The smallest absolute Gasteiger partial charge is 0.310 e. The molecule has 0 fully saturated rings.